The lowest BCUT2D eigenvalue weighted by Gasteiger charge is -2.20. The molecule has 0 saturated heterocycles. The Balaban J connectivity index is 2.56. The molecule has 1 atom stereocenters. The van der Waals surface area contributed by atoms with E-state index in [4.69, 9.17) is 21.1 Å². The molecular weight excluding hydrogens is 362 g/mol. The summed E-state index contributed by atoms with van der Waals surface area (Å²) in [6, 6.07) is 5.85. The summed E-state index contributed by atoms with van der Waals surface area (Å²) in [5.41, 5.74) is 0.976. The molecule has 0 aliphatic heterocycles. The fourth-order valence-electron chi connectivity index (χ4n) is 2.08. The number of hydrogen-bond donors (Lipinski definition) is 1. The van der Waals surface area contributed by atoms with Gasteiger partial charge < -0.3 is 14.8 Å². The van der Waals surface area contributed by atoms with Gasteiger partial charge >= 0.3 is 0 Å². The molecule has 1 aromatic heterocycles. The third-order valence-corrected chi connectivity index (χ3v) is 5.32. The first kappa shape index (κ1) is 15.6. The Hall–Kier alpha value is -0.750. The summed E-state index contributed by atoms with van der Waals surface area (Å²) in [6.07, 6.45) is 0. The Labute approximate surface area is 136 Å². The predicted octanol–water partition coefficient (Wildman–Crippen LogP) is 4.49. The zero-order valence-corrected chi connectivity index (χ0v) is 14.5. The van der Waals surface area contributed by atoms with Crippen molar-refractivity contribution in [2.45, 2.75) is 6.04 Å². The van der Waals surface area contributed by atoms with Crippen molar-refractivity contribution >= 4 is 38.9 Å². The van der Waals surface area contributed by atoms with Crippen LogP contribution in [0.2, 0.25) is 5.02 Å². The lowest BCUT2D eigenvalue weighted by molar-refractivity contribution is 0.389. The minimum Gasteiger partial charge on any atom is -0.495 e. The van der Waals surface area contributed by atoms with E-state index in [-0.39, 0.29) is 6.04 Å². The standard InChI is InChI=1S/C14H15BrClNO2S/c1-17-12(14-9(15)6-7-20-14)8-4-5-10(18-2)11(16)13(8)19-3/h4-7,12,17H,1-3H3. The van der Waals surface area contributed by atoms with Crippen LogP contribution in [0.15, 0.2) is 28.1 Å². The summed E-state index contributed by atoms with van der Waals surface area (Å²) >= 11 is 11.6. The summed E-state index contributed by atoms with van der Waals surface area (Å²) in [7, 11) is 5.11. The molecule has 2 rings (SSSR count). The molecule has 0 aliphatic rings. The summed E-state index contributed by atoms with van der Waals surface area (Å²) in [5.74, 6) is 1.23. The van der Waals surface area contributed by atoms with Crippen molar-refractivity contribution in [3.63, 3.8) is 0 Å². The molecule has 20 heavy (non-hydrogen) atoms. The number of methoxy groups -OCH3 is 2. The van der Waals surface area contributed by atoms with Crippen LogP contribution in [0.5, 0.6) is 11.5 Å². The van der Waals surface area contributed by atoms with E-state index in [1.165, 1.54) is 4.88 Å². The first-order valence-electron chi connectivity index (χ1n) is 5.94. The molecule has 2 aromatic rings. The van der Waals surface area contributed by atoms with Crippen molar-refractivity contribution in [2.24, 2.45) is 0 Å². The van der Waals surface area contributed by atoms with Crippen molar-refractivity contribution in [3.05, 3.63) is 43.5 Å². The van der Waals surface area contributed by atoms with Crippen LogP contribution in [0.4, 0.5) is 0 Å². The van der Waals surface area contributed by atoms with E-state index in [2.05, 4.69) is 21.2 Å². The van der Waals surface area contributed by atoms with Crippen molar-refractivity contribution in [3.8, 4) is 11.5 Å². The average Bonchev–Trinajstić information content (AvgIpc) is 2.86. The van der Waals surface area contributed by atoms with Crippen molar-refractivity contribution < 1.29 is 9.47 Å². The largest absolute Gasteiger partial charge is 0.495 e. The maximum absolute atomic E-state index is 6.33. The second kappa shape index (κ2) is 6.80. The van der Waals surface area contributed by atoms with E-state index in [9.17, 15) is 0 Å². The summed E-state index contributed by atoms with van der Waals surface area (Å²) < 4.78 is 11.8. The van der Waals surface area contributed by atoms with Gasteiger partial charge in [0.25, 0.3) is 0 Å². The lowest BCUT2D eigenvalue weighted by Crippen LogP contribution is -2.18. The molecule has 0 radical (unpaired) electrons. The van der Waals surface area contributed by atoms with Crippen LogP contribution in [0, 0.1) is 0 Å². The predicted molar refractivity (Wildman–Crippen MR) is 87.5 cm³/mol. The monoisotopic (exact) mass is 375 g/mol. The van der Waals surface area contributed by atoms with Gasteiger partial charge in [0.1, 0.15) is 16.5 Å². The number of hydrogen-bond acceptors (Lipinski definition) is 4. The van der Waals surface area contributed by atoms with Gasteiger partial charge in [0.15, 0.2) is 0 Å². The molecular formula is C14H15BrClNO2S. The highest BCUT2D eigenvalue weighted by atomic mass is 79.9. The maximum Gasteiger partial charge on any atom is 0.146 e. The smallest absolute Gasteiger partial charge is 0.146 e. The van der Waals surface area contributed by atoms with Crippen molar-refractivity contribution in [2.75, 3.05) is 21.3 Å². The van der Waals surface area contributed by atoms with Gasteiger partial charge in [-0.15, -0.1) is 11.3 Å². The molecule has 3 nitrogen and oxygen atoms in total. The van der Waals surface area contributed by atoms with Gasteiger partial charge in [0.05, 0.1) is 20.3 Å². The van der Waals surface area contributed by atoms with Crippen LogP contribution in [-0.4, -0.2) is 21.3 Å². The topological polar surface area (TPSA) is 30.5 Å². The zero-order valence-electron chi connectivity index (χ0n) is 11.4. The summed E-state index contributed by atoms with van der Waals surface area (Å²) in [4.78, 5) is 1.17. The third kappa shape index (κ3) is 2.81. The minimum absolute atomic E-state index is 0.00253. The normalized spacial score (nSPS) is 12.2. The molecule has 6 heteroatoms. The number of thiophene rings is 1. The lowest BCUT2D eigenvalue weighted by atomic mass is 10.0. The van der Waals surface area contributed by atoms with Crippen LogP contribution in [0.25, 0.3) is 0 Å². The number of nitrogens with one attached hydrogen (secondary N) is 1. The van der Waals surface area contributed by atoms with Crippen molar-refractivity contribution in [1.29, 1.82) is 0 Å². The minimum atomic E-state index is 0.00253. The zero-order chi connectivity index (χ0) is 14.7. The third-order valence-electron chi connectivity index (χ3n) is 3.02. The molecule has 0 bridgehead atoms. The Morgan fingerprint density at radius 1 is 1.25 bits per heavy atom. The highest BCUT2D eigenvalue weighted by Crippen LogP contribution is 2.43. The van der Waals surface area contributed by atoms with Crippen LogP contribution in [0.1, 0.15) is 16.5 Å². The quantitative estimate of drug-likeness (QED) is 0.834. The Morgan fingerprint density at radius 3 is 2.50 bits per heavy atom. The van der Waals surface area contributed by atoms with E-state index in [1.54, 1.807) is 25.6 Å². The van der Waals surface area contributed by atoms with E-state index in [0.717, 1.165) is 10.0 Å². The van der Waals surface area contributed by atoms with Crippen LogP contribution < -0.4 is 14.8 Å². The Bertz CT molecular complexity index is 603. The Morgan fingerprint density at radius 2 is 2.00 bits per heavy atom. The number of ether oxygens (including phenoxy) is 2. The highest BCUT2D eigenvalue weighted by molar-refractivity contribution is 9.10. The van der Waals surface area contributed by atoms with Gasteiger partial charge in [-0.1, -0.05) is 11.6 Å². The van der Waals surface area contributed by atoms with E-state index < -0.39 is 0 Å². The van der Waals surface area contributed by atoms with Crippen LogP contribution in [0.3, 0.4) is 0 Å². The summed E-state index contributed by atoms with van der Waals surface area (Å²) in [6.45, 7) is 0. The molecule has 1 unspecified atom stereocenters. The fraction of sp³-hybridized carbons (Fsp3) is 0.286. The Kier molecular flexibility index (Phi) is 5.32. The van der Waals surface area contributed by atoms with Crippen molar-refractivity contribution in [1.82, 2.24) is 5.32 Å². The number of halogens is 2. The second-order valence-corrected chi connectivity index (χ2v) is 6.24. The van der Waals surface area contributed by atoms with E-state index in [0.29, 0.717) is 16.5 Å². The van der Waals surface area contributed by atoms with Gasteiger partial charge in [-0.25, -0.2) is 0 Å². The van der Waals surface area contributed by atoms with Gasteiger partial charge in [-0.3, -0.25) is 0 Å². The van der Waals surface area contributed by atoms with E-state index >= 15 is 0 Å². The molecule has 0 saturated carbocycles. The number of benzene rings is 1. The average molecular weight is 377 g/mol. The van der Waals surface area contributed by atoms with E-state index in [1.807, 2.05) is 30.6 Å². The molecule has 1 N–H and O–H groups in total. The maximum atomic E-state index is 6.33. The molecule has 108 valence electrons. The first-order valence-corrected chi connectivity index (χ1v) is 7.99. The SMILES string of the molecule is CNC(c1ccc(OC)c(Cl)c1OC)c1sccc1Br. The molecule has 0 aliphatic carbocycles. The second-order valence-electron chi connectivity index (χ2n) is 4.06. The van der Waals surface area contributed by atoms with Gasteiger partial charge in [-0.2, -0.15) is 0 Å². The molecule has 0 fully saturated rings. The molecule has 0 spiro atoms. The van der Waals surface area contributed by atoms with Crippen LogP contribution >= 0.6 is 38.9 Å². The molecule has 1 heterocycles. The highest BCUT2D eigenvalue weighted by Gasteiger charge is 2.23. The van der Waals surface area contributed by atoms with Gasteiger partial charge in [-0.05, 0) is 46.6 Å². The van der Waals surface area contributed by atoms with Crippen LogP contribution in [-0.2, 0) is 0 Å². The van der Waals surface area contributed by atoms with Gasteiger partial charge in [0.2, 0.25) is 0 Å². The molecule has 0 amide bonds. The van der Waals surface area contributed by atoms with Gasteiger partial charge in [0, 0.05) is 14.9 Å². The number of rotatable bonds is 5. The molecule has 1 aromatic carbocycles. The fourth-order valence-corrected chi connectivity index (χ4v) is 4.14. The first-order chi connectivity index (χ1) is 9.63. The summed E-state index contributed by atoms with van der Waals surface area (Å²) in [5, 5.41) is 5.83.